The number of carbonyl (C=O) groups is 1. The highest BCUT2D eigenvalue weighted by Crippen LogP contribution is 2.31. The summed E-state index contributed by atoms with van der Waals surface area (Å²) in [5.74, 6) is 0.199. The largest absolute Gasteiger partial charge is 0.467 e. The highest BCUT2D eigenvalue weighted by molar-refractivity contribution is 5.92. The predicted molar refractivity (Wildman–Crippen MR) is 112 cm³/mol. The minimum Gasteiger partial charge on any atom is -0.467 e. The molecule has 1 amide bonds. The van der Waals surface area contributed by atoms with E-state index in [-0.39, 0.29) is 17.3 Å². The monoisotopic (exact) mass is 439 g/mol. The average Bonchev–Trinajstić information content (AvgIpc) is 3.44. The van der Waals surface area contributed by atoms with E-state index in [0.717, 1.165) is 17.7 Å². The Balaban J connectivity index is 1.68. The topological polar surface area (TPSA) is 51.3 Å². The standard InChI is InChI=1S/C24H20F3N3O2/c1-16-14-20(28-30(16)19-11-6-10-18(15-19)24(25,26)27)23(31)29(2)22(21-12-7-13-32-21)17-8-4-3-5-9-17/h3-15,22H,1-2H3. The predicted octanol–water partition coefficient (Wildman–Crippen LogP) is 5.65. The molecule has 4 aromatic rings. The highest BCUT2D eigenvalue weighted by atomic mass is 19.4. The van der Waals surface area contributed by atoms with Crippen molar-refractivity contribution in [3.63, 3.8) is 0 Å². The van der Waals surface area contributed by atoms with Crippen molar-refractivity contribution in [2.75, 3.05) is 7.05 Å². The zero-order valence-electron chi connectivity index (χ0n) is 17.4. The van der Waals surface area contributed by atoms with Gasteiger partial charge in [0.1, 0.15) is 11.8 Å². The molecule has 0 saturated heterocycles. The lowest BCUT2D eigenvalue weighted by Gasteiger charge is -2.26. The number of hydrogen-bond donors (Lipinski definition) is 0. The van der Waals surface area contributed by atoms with Crippen LogP contribution >= 0.6 is 0 Å². The van der Waals surface area contributed by atoms with Crippen molar-refractivity contribution in [3.05, 3.63) is 107 Å². The molecule has 0 radical (unpaired) electrons. The molecule has 0 aliphatic heterocycles. The second-order valence-electron chi connectivity index (χ2n) is 7.38. The van der Waals surface area contributed by atoms with Crippen LogP contribution < -0.4 is 0 Å². The second kappa shape index (κ2) is 8.37. The van der Waals surface area contributed by atoms with E-state index in [1.807, 2.05) is 30.3 Å². The van der Waals surface area contributed by atoms with Gasteiger partial charge < -0.3 is 9.32 Å². The van der Waals surface area contributed by atoms with Gasteiger partial charge in [-0.2, -0.15) is 18.3 Å². The molecule has 164 valence electrons. The van der Waals surface area contributed by atoms with E-state index in [4.69, 9.17) is 4.42 Å². The number of nitrogens with zero attached hydrogens (tertiary/aromatic N) is 3. The molecule has 0 saturated carbocycles. The number of rotatable bonds is 5. The molecule has 0 aliphatic carbocycles. The van der Waals surface area contributed by atoms with Crippen LogP contribution in [-0.2, 0) is 6.18 Å². The lowest BCUT2D eigenvalue weighted by atomic mass is 10.0. The molecule has 2 heterocycles. The van der Waals surface area contributed by atoms with E-state index < -0.39 is 17.8 Å². The second-order valence-corrected chi connectivity index (χ2v) is 7.38. The van der Waals surface area contributed by atoms with E-state index in [9.17, 15) is 18.0 Å². The fourth-order valence-corrected chi connectivity index (χ4v) is 3.61. The summed E-state index contributed by atoms with van der Waals surface area (Å²) >= 11 is 0. The third-order valence-electron chi connectivity index (χ3n) is 5.16. The summed E-state index contributed by atoms with van der Waals surface area (Å²) in [4.78, 5) is 14.8. The van der Waals surface area contributed by atoms with Gasteiger partial charge in [0.15, 0.2) is 5.69 Å². The maximum Gasteiger partial charge on any atom is 0.416 e. The summed E-state index contributed by atoms with van der Waals surface area (Å²) in [5, 5.41) is 4.31. The number of aryl methyl sites for hydroxylation is 1. The summed E-state index contributed by atoms with van der Waals surface area (Å²) in [7, 11) is 1.64. The number of aromatic nitrogens is 2. The van der Waals surface area contributed by atoms with Crippen molar-refractivity contribution in [2.24, 2.45) is 0 Å². The van der Waals surface area contributed by atoms with Gasteiger partial charge in [0.25, 0.3) is 5.91 Å². The molecule has 2 aromatic carbocycles. The first-order valence-electron chi connectivity index (χ1n) is 9.85. The van der Waals surface area contributed by atoms with Crippen LogP contribution in [0.3, 0.4) is 0 Å². The van der Waals surface area contributed by atoms with Gasteiger partial charge in [-0.1, -0.05) is 36.4 Å². The van der Waals surface area contributed by atoms with Gasteiger partial charge in [-0.15, -0.1) is 0 Å². The summed E-state index contributed by atoms with van der Waals surface area (Å²) in [5.41, 5.74) is 0.957. The third-order valence-corrected chi connectivity index (χ3v) is 5.16. The molecule has 32 heavy (non-hydrogen) atoms. The fraction of sp³-hybridized carbons (Fsp3) is 0.167. The zero-order chi connectivity index (χ0) is 22.9. The Labute approximate surface area is 182 Å². The molecule has 2 aromatic heterocycles. The van der Waals surface area contributed by atoms with Crippen LogP contribution in [-0.4, -0.2) is 27.6 Å². The van der Waals surface area contributed by atoms with Crippen LogP contribution in [0.4, 0.5) is 13.2 Å². The van der Waals surface area contributed by atoms with Crippen LogP contribution in [0, 0.1) is 6.92 Å². The van der Waals surface area contributed by atoms with Crippen molar-refractivity contribution >= 4 is 5.91 Å². The molecular formula is C24H20F3N3O2. The molecule has 4 rings (SSSR count). The molecule has 0 N–H and O–H groups in total. The number of hydrogen-bond acceptors (Lipinski definition) is 3. The molecule has 0 spiro atoms. The van der Waals surface area contributed by atoms with E-state index in [0.29, 0.717) is 11.5 Å². The lowest BCUT2D eigenvalue weighted by molar-refractivity contribution is -0.137. The molecule has 5 nitrogen and oxygen atoms in total. The summed E-state index contributed by atoms with van der Waals surface area (Å²) in [6.45, 7) is 1.69. The Morgan fingerprint density at radius 3 is 2.44 bits per heavy atom. The Morgan fingerprint density at radius 2 is 1.78 bits per heavy atom. The summed E-state index contributed by atoms with van der Waals surface area (Å²) in [6, 6.07) is 18.8. The third kappa shape index (κ3) is 4.16. The SMILES string of the molecule is Cc1cc(C(=O)N(C)C(c2ccccc2)c2ccco2)nn1-c1cccc(C(F)(F)F)c1. The van der Waals surface area contributed by atoms with Gasteiger partial charge in [-0.25, -0.2) is 4.68 Å². The van der Waals surface area contributed by atoms with E-state index in [1.165, 1.54) is 28.0 Å². The van der Waals surface area contributed by atoms with E-state index in [1.54, 1.807) is 32.2 Å². The number of alkyl halides is 3. The number of carbonyl (C=O) groups excluding carboxylic acids is 1. The Bertz CT molecular complexity index is 1220. The van der Waals surface area contributed by atoms with Crippen LogP contribution in [0.25, 0.3) is 5.69 Å². The summed E-state index contributed by atoms with van der Waals surface area (Å²) < 4.78 is 46.2. The maximum atomic E-state index is 13.3. The fourth-order valence-electron chi connectivity index (χ4n) is 3.61. The molecule has 0 aliphatic rings. The van der Waals surface area contributed by atoms with Gasteiger partial charge in [0.2, 0.25) is 0 Å². The summed E-state index contributed by atoms with van der Waals surface area (Å²) in [6.07, 6.45) is -2.93. The lowest BCUT2D eigenvalue weighted by Crippen LogP contribution is -2.32. The van der Waals surface area contributed by atoms with Crippen LogP contribution in [0.1, 0.15) is 39.1 Å². The first kappa shape index (κ1) is 21.4. The first-order valence-corrected chi connectivity index (χ1v) is 9.85. The Kier molecular flexibility index (Phi) is 5.61. The van der Waals surface area contributed by atoms with Crippen molar-refractivity contribution in [2.45, 2.75) is 19.1 Å². The van der Waals surface area contributed by atoms with Gasteiger partial charge >= 0.3 is 6.18 Å². The van der Waals surface area contributed by atoms with Crippen molar-refractivity contribution in [3.8, 4) is 5.69 Å². The average molecular weight is 439 g/mol. The molecule has 1 unspecified atom stereocenters. The van der Waals surface area contributed by atoms with Crippen molar-refractivity contribution in [1.29, 1.82) is 0 Å². The van der Waals surface area contributed by atoms with Crippen molar-refractivity contribution in [1.82, 2.24) is 14.7 Å². The van der Waals surface area contributed by atoms with Gasteiger partial charge in [-0.3, -0.25) is 4.79 Å². The van der Waals surface area contributed by atoms with Gasteiger partial charge in [-0.05, 0) is 48.9 Å². The van der Waals surface area contributed by atoms with Crippen LogP contribution in [0.15, 0.2) is 83.5 Å². The number of benzene rings is 2. The normalized spacial score (nSPS) is 12.5. The number of amides is 1. The molecule has 1 atom stereocenters. The van der Waals surface area contributed by atoms with Crippen molar-refractivity contribution < 1.29 is 22.4 Å². The van der Waals surface area contributed by atoms with Crippen LogP contribution in [0.2, 0.25) is 0 Å². The molecule has 0 bridgehead atoms. The molecule has 8 heteroatoms. The maximum absolute atomic E-state index is 13.3. The van der Waals surface area contributed by atoms with E-state index in [2.05, 4.69) is 5.10 Å². The van der Waals surface area contributed by atoms with Gasteiger partial charge in [0.05, 0.1) is 17.5 Å². The molecular weight excluding hydrogens is 419 g/mol. The Hall–Kier alpha value is -3.81. The highest BCUT2D eigenvalue weighted by Gasteiger charge is 2.31. The molecule has 0 fully saturated rings. The quantitative estimate of drug-likeness (QED) is 0.404. The zero-order valence-corrected chi connectivity index (χ0v) is 17.4. The van der Waals surface area contributed by atoms with E-state index >= 15 is 0 Å². The minimum atomic E-state index is -4.47. The number of furan rings is 1. The Morgan fingerprint density at radius 1 is 1.03 bits per heavy atom. The number of halogens is 3. The van der Waals surface area contributed by atoms with Crippen LogP contribution in [0.5, 0.6) is 0 Å². The smallest absolute Gasteiger partial charge is 0.416 e. The minimum absolute atomic E-state index is 0.120. The first-order chi connectivity index (χ1) is 15.3. The van der Waals surface area contributed by atoms with Gasteiger partial charge in [0, 0.05) is 12.7 Å².